The summed E-state index contributed by atoms with van der Waals surface area (Å²) in [4.78, 5) is 24.5. The zero-order valence-corrected chi connectivity index (χ0v) is 17.3. The maximum Gasteiger partial charge on any atom is 0.258 e. The smallest absolute Gasteiger partial charge is 0.258 e. The van der Waals surface area contributed by atoms with Crippen LogP contribution in [-0.2, 0) is 25.6 Å². The lowest BCUT2D eigenvalue weighted by Gasteiger charge is -2.31. The molecule has 0 bridgehead atoms. The van der Waals surface area contributed by atoms with Crippen LogP contribution >= 0.6 is 12.4 Å². The molecule has 0 radical (unpaired) electrons. The normalized spacial score (nSPS) is 20.4. The van der Waals surface area contributed by atoms with Gasteiger partial charge in [-0.2, -0.15) is 0 Å². The number of nitrogens with one attached hydrogen (secondary N) is 2. The molecular formula is C20H30ClN3O5. The summed E-state index contributed by atoms with van der Waals surface area (Å²) in [6.45, 7) is 2.44. The van der Waals surface area contributed by atoms with Crippen molar-refractivity contribution in [1.82, 2.24) is 10.6 Å². The summed E-state index contributed by atoms with van der Waals surface area (Å²) in [6.07, 6.45) is 3.11. The van der Waals surface area contributed by atoms with Gasteiger partial charge in [-0.3, -0.25) is 9.59 Å². The van der Waals surface area contributed by atoms with Gasteiger partial charge in [0, 0.05) is 38.5 Å². The monoisotopic (exact) mass is 427 g/mol. The molecule has 29 heavy (non-hydrogen) atoms. The van der Waals surface area contributed by atoms with Crippen LogP contribution in [0.2, 0.25) is 0 Å². The number of halogens is 1. The second-order valence-corrected chi connectivity index (χ2v) is 7.29. The van der Waals surface area contributed by atoms with E-state index < -0.39 is 5.54 Å². The molecule has 0 spiro atoms. The molecular weight excluding hydrogens is 398 g/mol. The van der Waals surface area contributed by atoms with Gasteiger partial charge < -0.3 is 30.6 Å². The van der Waals surface area contributed by atoms with Crippen molar-refractivity contribution in [1.29, 1.82) is 0 Å². The van der Waals surface area contributed by atoms with Crippen molar-refractivity contribution in [3.05, 3.63) is 29.8 Å². The van der Waals surface area contributed by atoms with E-state index in [0.29, 0.717) is 38.3 Å². The predicted octanol–water partition coefficient (Wildman–Crippen LogP) is 0.906. The minimum absolute atomic E-state index is 0. The highest BCUT2D eigenvalue weighted by Crippen LogP contribution is 2.20. The number of carbonyl (C=O) groups excluding carboxylic acids is 2. The summed E-state index contributed by atoms with van der Waals surface area (Å²) in [6, 6.07) is 7.32. The predicted molar refractivity (Wildman–Crippen MR) is 110 cm³/mol. The zero-order chi connectivity index (χ0) is 19.8. The number of para-hydroxylation sites is 1. The molecule has 2 saturated heterocycles. The second kappa shape index (κ2) is 11.3. The number of benzene rings is 1. The molecule has 2 fully saturated rings. The van der Waals surface area contributed by atoms with Gasteiger partial charge >= 0.3 is 0 Å². The van der Waals surface area contributed by atoms with Gasteiger partial charge in [-0.1, -0.05) is 18.2 Å². The fourth-order valence-corrected chi connectivity index (χ4v) is 3.33. The van der Waals surface area contributed by atoms with Crippen molar-refractivity contribution in [3.8, 4) is 5.75 Å². The largest absolute Gasteiger partial charge is 0.483 e. The molecule has 3 rings (SSSR count). The highest BCUT2D eigenvalue weighted by atomic mass is 35.5. The van der Waals surface area contributed by atoms with Crippen LogP contribution in [0.5, 0.6) is 5.75 Å². The van der Waals surface area contributed by atoms with E-state index in [0.717, 1.165) is 25.0 Å². The van der Waals surface area contributed by atoms with Crippen molar-refractivity contribution in [2.45, 2.75) is 43.9 Å². The van der Waals surface area contributed by atoms with E-state index >= 15 is 0 Å². The van der Waals surface area contributed by atoms with E-state index in [-0.39, 0.29) is 43.5 Å². The van der Waals surface area contributed by atoms with E-state index in [2.05, 4.69) is 10.6 Å². The van der Waals surface area contributed by atoms with Crippen LogP contribution in [0.15, 0.2) is 24.3 Å². The Bertz CT molecular complexity index is 676. The standard InChI is InChI=1S/C20H29N3O5.ClH/c21-20(7-10-26-11-8-20)19(25)23-12-15-4-1-2-6-17(15)28-14-18(24)22-13-16-5-3-9-27-16;/h1-2,4,6,16H,3,5,7-14,21H2,(H,22,24)(H,23,25);1H. The zero-order valence-electron chi connectivity index (χ0n) is 16.5. The number of amides is 2. The number of hydrogen-bond donors (Lipinski definition) is 3. The van der Waals surface area contributed by atoms with Gasteiger partial charge in [0.15, 0.2) is 6.61 Å². The molecule has 2 aliphatic rings. The summed E-state index contributed by atoms with van der Waals surface area (Å²) in [5, 5.41) is 5.71. The van der Waals surface area contributed by atoms with Crippen molar-refractivity contribution in [2.75, 3.05) is 33.0 Å². The minimum Gasteiger partial charge on any atom is -0.483 e. The molecule has 1 unspecified atom stereocenters. The summed E-state index contributed by atoms with van der Waals surface area (Å²) < 4.78 is 16.4. The summed E-state index contributed by atoms with van der Waals surface area (Å²) >= 11 is 0. The van der Waals surface area contributed by atoms with E-state index in [4.69, 9.17) is 19.9 Å². The first-order chi connectivity index (χ1) is 13.6. The highest BCUT2D eigenvalue weighted by molar-refractivity contribution is 5.86. The Balaban J connectivity index is 0.00000300. The first-order valence-corrected chi connectivity index (χ1v) is 9.81. The second-order valence-electron chi connectivity index (χ2n) is 7.29. The molecule has 4 N–H and O–H groups in total. The Kier molecular flexibility index (Phi) is 9.16. The third-order valence-corrected chi connectivity index (χ3v) is 5.16. The maximum atomic E-state index is 12.5. The van der Waals surface area contributed by atoms with E-state index in [1.165, 1.54) is 0 Å². The molecule has 2 heterocycles. The van der Waals surface area contributed by atoms with Crippen LogP contribution in [0.3, 0.4) is 0 Å². The fraction of sp³-hybridized carbons (Fsp3) is 0.600. The number of nitrogens with two attached hydrogens (primary N) is 1. The molecule has 8 nitrogen and oxygen atoms in total. The molecule has 1 aromatic carbocycles. The number of rotatable bonds is 8. The maximum absolute atomic E-state index is 12.5. The highest BCUT2D eigenvalue weighted by Gasteiger charge is 2.35. The lowest BCUT2D eigenvalue weighted by atomic mass is 9.90. The lowest BCUT2D eigenvalue weighted by molar-refractivity contribution is -0.130. The first-order valence-electron chi connectivity index (χ1n) is 9.81. The molecule has 2 aliphatic heterocycles. The van der Waals surface area contributed by atoms with Gasteiger partial charge in [0.1, 0.15) is 5.75 Å². The van der Waals surface area contributed by atoms with Crippen LogP contribution in [0, 0.1) is 0 Å². The average Bonchev–Trinajstić information content (AvgIpc) is 3.23. The van der Waals surface area contributed by atoms with Gasteiger partial charge in [0.2, 0.25) is 5.91 Å². The first kappa shape index (κ1) is 23.4. The van der Waals surface area contributed by atoms with E-state index in [9.17, 15) is 9.59 Å². The minimum atomic E-state index is -0.893. The van der Waals surface area contributed by atoms with Crippen LogP contribution in [0.1, 0.15) is 31.2 Å². The summed E-state index contributed by atoms with van der Waals surface area (Å²) in [5.41, 5.74) is 6.10. The van der Waals surface area contributed by atoms with Gasteiger partial charge in [-0.05, 0) is 31.7 Å². The molecule has 1 atom stereocenters. The van der Waals surface area contributed by atoms with Crippen molar-refractivity contribution in [3.63, 3.8) is 0 Å². The van der Waals surface area contributed by atoms with Gasteiger partial charge in [0.25, 0.3) is 5.91 Å². The number of hydrogen-bond acceptors (Lipinski definition) is 6. The molecule has 0 saturated carbocycles. The topological polar surface area (TPSA) is 112 Å². The van der Waals surface area contributed by atoms with Crippen LogP contribution < -0.4 is 21.1 Å². The molecule has 2 amide bonds. The number of carbonyl (C=O) groups is 2. The Morgan fingerprint density at radius 1 is 1.17 bits per heavy atom. The summed E-state index contributed by atoms with van der Waals surface area (Å²) in [7, 11) is 0. The Morgan fingerprint density at radius 2 is 1.93 bits per heavy atom. The third-order valence-electron chi connectivity index (χ3n) is 5.16. The quantitative estimate of drug-likeness (QED) is 0.568. The van der Waals surface area contributed by atoms with Gasteiger partial charge in [-0.25, -0.2) is 0 Å². The Labute approximate surface area is 177 Å². The average molecular weight is 428 g/mol. The molecule has 162 valence electrons. The third kappa shape index (κ3) is 6.85. The molecule has 1 aromatic rings. The van der Waals surface area contributed by atoms with Gasteiger partial charge in [-0.15, -0.1) is 12.4 Å². The summed E-state index contributed by atoms with van der Waals surface area (Å²) in [5.74, 6) is 0.172. The molecule has 0 aliphatic carbocycles. The van der Waals surface area contributed by atoms with Crippen LogP contribution in [0.25, 0.3) is 0 Å². The van der Waals surface area contributed by atoms with Gasteiger partial charge in [0.05, 0.1) is 11.6 Å². The van der Waals surface area contributed by atoms with Crippen molar-refractivity contribution in [2.24, 2.45) is 5.73 Å². The van der Waals surface area contributed by atoms with Crippen LogP contribution in [0.4, 0.5) is 0 Å². The fourth-order valence-electron chi connectivity index (χ4n) is 3.33. The Morgan fingerprint density at radius 3 is 2.66 bits per heavy atom. The molecule has 0 aromatic heterocycles. The SMILES string of the molecule is Cl.NC1(C(=O)NCc2ccccc2OCC(=O)NCC2CCCO2)CCOCC1. The van der Waals surface area contributed by atoms with E-state index in [1.54, 1.807) is 6.07 Å². The Hall–Kier alpha value is -1.87. The van der Waals surface area contributed by atoms with Crippen LogP contribution in [-0.4, -0.2) is 56.4 Å². The van der Waals surface area contributed by atoms with Crippen molar-refractivity contribution >= 4 is 24.2 Å². The van der Waals surface area contributed by atoms with Crippen molar-refractivity contribution < 1.29 is 23.8 Å². The number of ether oxygens (including phenoxy) is 3. The molecule has 9 heteroatoms. The van der Waals surface area contributed by atoms with E-state index in [1.807, 2.05) is 18.2 Å². The lowest BCUT2D eigenvalue weighted by Crippen LogP contribution is -2.56.